The second-order valence-corrected chi connectivity index (χ2v) is 11.7. The summed E-state index contributed by atoms with van der Waals surface area (Å²) in [5, 5.41) is 16.5. The third-order valence-electron chi connectivity index (χ3n) is 8.09. The summed E-state index contributed by atoms with van der Waals surface area (Å²) in [5.41, 5.74) is 0. The Balaban J connectivity index is 5.78. The zero-order chi connectivity index (χ0) is 36.9. The lowest BCUT2D eigenvalue weighted by atomic mass is 10.2. The van der Waals surface area contributed by atoms with Crippen molar-refractivity contribution < 1.29 is 28.8 Å². The van der Waals surface area contributed by atoms with Gasteiger partial charge in [-0.2, -0.15) is 0 Å². The molecule has 0 spiro atoms. The van der Waals surface area contributed by atoms with E-state index in [0.717, 1.165) is 0 Å². The molecule has 284 valence electrons. The molecule has 16 nitrogen and oxygen atoms in total. The Bertz CT molecular complexity index is 950. The normalized spacial score (nSPS) is 11.1. The first-order valence-corrected chi connectivity index (χ1v) is 17.8. The maximum absolute atomic E-state index is 12.4. The number of amides is 6. The van der Waals surface area contributed by atoms with Crippen LogP contribution in [0.25, 0.3) is 0 Å². The number of hydrogen-bond donors (Lipinski definition) is 6. The van der Waals surface area contributed by atoms with Gasteiger partial charge in [-0.1, -0.05) is 0 Å². The molecular weight excluding hydrogens is 632 g/mol. The molecular formula is C33H66N10O6. The number of nitrogens with zero attached hydrogens (tertiary/aromatic N) is 4. The fourth-order valence-corrected chi connectivity index (χ4v) is 4.98. The first-order chi connectivity index (χ1) is 23.5. The van der Waals surface area contributed by atoms with Crippen molar-refractivity contribution in [2.75, 3.05) is 119 Å². The molecule has 6 amide bonds. The second kappa shape index (κ2) is 29.6. The largest absolute Gasteiger partial charge is 0.359 e. The molecule has 0 aromatic rings. The van der Waals surface area contributed by atoms with Gasteiger partial charge in [-0.05, 0) is 20.8 Å². The van der Waals surface area contributed by atoms with E-state index >= 15 is 0 Å². The van der Waals surface area contributed by atoms with Gasteiger partial charge < -0.3 is 51.5 Å². The van der Waals surface area contributed by atoms with Gasteiger partial charge in [0.2, 0.25) is 35.4 Å². The summed E-state index contributed by atoms with van der Waals surface area (Å²) in [7, 11) is 4.80. The number of nitrogens with one attached hydrogen (secondary N) is 6. The Morgan fingerprint density at radius 3 is 0.694 bits per heavy atom. The highest BCUT2D eigenvalue weighted by atomic mass is 16.2. The lowest BCUT2D eigenvalue weighted by Crippen LogP contribution is -2.45. The van der Waals surface area contributed by atoms with E-state index in [2.05, 4.69) is 51.5 Å². The molecule has 0 aliphatic carbocycles. The quantitative estimate of drug-likeness (QED) is 0.0499. The van der Waals surface area contributed by atoms with Crippen molar-refractivity contribution in [3.63, 3.8) is 0 Å². The summed E-state index contributed by atoms with van der Waals surface area (Å²) >= 11 is 0. The zero-order valence-corrected chi connectivity index (χ0v) is 31.1. The molecule has 0 rings (SSSR count). The Kier molecular flexibility index (Phi) is 27.6. The van der Waals surface area contributed by atoms with Gasteiger partial charge in [-0.3, -0.25) is 28.8 Å². The maximum atomic E-state index is 12.4. The van der Waals surface area contributed by atoms with Crippen molar-refractivity contribution in [1.29, 1.82) is 0 Å². The fraction of sp³-hybridized carbons (Fsp3) is 0.818. The van der Waals surface area contributed by atoms with Gasteiger partial charge in [-0.25, -0.2) is 0 Å². The molecule has 0 atom stereocenters. The SMILES string of the molecule is CCNC(=O)CCN(CCC(=O)NC)CCN(CCC(=O)NCC)CCN(CCC(=O)NCC)CCN(CCC(=O)NC)CCC(=O)NC. The third kappa shape index (κ3) is 25.3. The van der Waals surface area contributed by atoms with Crippen LogP contribution in [0.4, 0.5) is 0 Å². The molecule has 0 bridgehead atoms. The standard InChI is InChI=1S/C33H66N10O6/c1-7-37-31(47)13-19-41(18-12-30(46)36-6)23-25-43(21-15-33(49)39-9-3)27-26-42(20-14-32(48)38-8-2)24-22-40(16-10-28(44)34-4)17-11-29(45)35-5/h7-27H2,1-6H3,(H,34,44)(H,35,45)(H,36,46)(H,37,47)(H,38,48)(H,39,49). The van der Waals surface area contributed by atoms with E-state index in [1.165, 1.54) is 0 Å². The molecule has 16 heteroatoms. The van der Waals surface area contributed by atoms with E-state index in [0.29, 0.717) is 137 Å². The Labute approximate surface area is 294 Å². The van der Waals surface area contributed by atoms with Crippen molar-refractivity contribution in [3.05, 3.63) is 0 Å². The van der Waals surface area contributed by atoms with Gasteiger partial charge in [-0.15, -0.1) is 0 Å². The third-order valence-corrected chi connectivity index (χ3v) is 8.09. The van der Waals surface area contributed by atoms with Crippen LogP contribution in [0.1, 0.15) is 59.3 Å². The lowest BCUT2D eigenvalue weighted by Gasteiger charge is -2.31. The molecule has 0 aliphatic heterocycles. The van der Waals surface area contributed by atoms with E-state index in [1.54, 1.807) is 21.1 Å². The zero-order valence-electron chi connectivity index (χ0n) is 31.1. The van der Waals surface area contributed by atoms with Gasteiger partial charge in [0.05, 0.1) is 0 Å². The van der Waals surface area contributed by atoms with Crippen molar-refractivity contribution >= 4 is 35.4 Å². The Morgan fingerprint density at radius 2 is 0.510 bits per heavy atom. The summed E-state index contributed by atoms with van der Waals surface area (Å²) in [6.07, 6.45) is 1.92. The molecule has 0 radical (unpaired) electrons. The van der Waals surface area contributed by atoms with E-state index in [1.807, 2.05) is 20.8 Å². The number of rotatable bonds is 30. The van der Waals surface area contributed by atoms with Gasteiger partial charge in [0, 0.05) is 158 Å². The molecule has 0 fully saturated rings. The fourth-order valence-electron chi connectivity index (χ4n) is 4.98. The van der Waals surface area contributed by atoms with Crippen molar-refractivity contribution in [2.45, 2.75) is 59.3 Å². The van der Waals surface area contributed by atoms with Crippen LogP contribution < -0.4 is 31.9 Å². The van der Waals surface area contributed by atoms with Crippen molar-refractivity contribution in [2.24, 2.45) is 0 Å². The number of carbonyl (C=O) groups excluding carboxylic acids is 6. The predicted octanol–water partition coefficient (Wildman–Crippen LogP) is -1.82. The summed E-state index contributed by atoms with van der Waals surface area (Å²) < 4.78 is 0. The highest BCUT2D eigenvalue weighted by Gasteiger charge is 2.17. The summed E-state index contributed by atoms with van der Waals surface area (Å²) in [6, 6.07) is 0. The molecule has 6 N–H and O–H groups in total. The first-order valence-electron chi connectivity index (χ1n) is 17.8. The van der Waals surface area contributed by atoms with E-state index in [4.69, 9.17) is 0 Å². The average Bonchev–Trinajstić information content (AvgIpc) is 3.09. The summed E-state index contributed by atoms with van der Waals surface area (Å²) in [5.74, 6) is -0.319. The van der Waals surface area contributed by atoms with Crippen molar-refractivity contribution in [1.82, 2.24) is 51.5 Å². The van der Waals surface area contributed by atoms with Crippen LogP contribution >= 0.6 is 0 Å². The summed E-state index contributed by atoms with van der Waals surface area (Å²) in [6.45, 7) is 14.1. The molecule has 0 saturated heterocycles. The first kappa shape index (κ1) is 45.7. The molecule has 49 heavy (non-hydrogen) atoms. The Hall–Kier alpha value is -3.34. The highest BCUT2D eigenvalue weighted by molar-refractivity contribution is 5.77. The molecule has 0 aromatic heterocycles. The maximum Gasteiger partial charge on any atom is 0.221 e. The minimum atomic E-state index is -0.0730. The van der Waals surface area contributed by atoms with Gasteiger partial charge >= 0.3 is 0 Å². The topological polar surface area (TPSA) is 188 Å². The van der Waals surface area contributed by atoms with E-state index in [-0.39, 0.29) is 35.4 Å². The highest BCUT2D eigenvalue weighted by Crippen LogP contribution is 2.03. The smallest absolute Gasteiger partial charge is 0.221 e. The predicted molar refractivity (Wildman–Crippen MR) is 192 cm³/mol. The summed E-state index contributed by atoms with van der Waals surface area (Å²) in [4.78, 5) is 81.5. The van der Waals surface area contributed by atoms with Crippen LogP contribution in [0, 0.1) is 0 Å². The average molecular weight is 699 g/mol. The molecule has 0 saturated carbocycles. The van der Waals surface area contributed by atoms with Crippen LogP contribution in [-0.2, 0) is 28.8 Å². The van der Waals surface area contributed by atoms with Gasteiger partial charge in [0.1, 0.15) is 0 Å². The van der Waals surface area contributed by atoms with Crippen LogP contribution in [-0.4, -0.2) is 174 Å². The van der Waals surface area contributed by atoms with Crippen LogP contribution in [0.15, 0.2) is 0 Å². The molecule has 0 aliphatic rings. The minimum absolute atomic E-state index is 0.0313. The van der Waals surface area contributed by atoms with E-state index < -0.39 is 0 Å². The van der Waals surface area contributed by atoms with Gasteiger partial charge in [0.25, 0.3) is 0 Å². The van der Waals surface area contributed by atoms with Crippen molar-refractivity contribution in [3.8, 4) is 0 Å². The number of carbonyl (C=O) groups is 6. The second-order valence-electron chi connectivity index (χ2n) is 11.7. The number of hydrogen-bond acceptors (Lipinski definition) is 10. The Morgan fingerprint density at radius 1 is 0.327 bits per heavy atom. The molecule has 0 aromatic carbocycles. The van der Waals surface area contributed by atoms with Crippen LogP contribution in [0.5, 0.6) is 0 Å². The van der Waals surface area contributed by atoms with Crippen LogP contribution in [0.2, 0.25) is 0 Å². The lowest BCUT2D eigenvalue weighted by molar-refractivity contribution is -0.122. The molecule has 0 heterocycles. The van der Waals surface area contributed by atoms with Gasteiger partial charge in [0.15, 0.2) is 0 Å². The van der Waals surface area contributed by atoms with E-state index in [9.17, 15) is 28.8 Å². The monoisotopic (exact) mass is 699 g/mol. The molecule has 0 unspecified atom stereocenters. The van der Waals surface area contributed by atoms with Crippen LogP contribution in [0.3, 0.4) is 0 Å². The minimum Gasteiger partial charge on any atom is -0.359 e.